The number of tetrazole rings is 1. The Hall–Kier alpha value is -2.27. The van der Waals surface area contributed by atoms with Gasteiger partial charge in [0.1, 0.15) is 17.5 Å². The van der Waals surface area contributed by atoms with Gasteiger partial charge in [-0.2, -0.15) is 10.5 Å². The first kappa shape index (κ1) is 12.2. The zero-order chi connectivity index (χ0) is 13.0. The molecule has 0 saturated carbocycles. The highest BCUT2D eigenvalue weighted by molar-refractivity contribution is 9.10. The van der Waals surface area contributed by atoms with Gasteiger partial charge in [0, 0.05) is 10.7 Å². The minimum absolute atomic E-state index is 0.164. The van der Waals surface area contributed by atoms with Gasteiger partial charge in [0.15, 0.2) is 0 Å². The molecule has 0 bridgehead atoms. The van der Waals surface area contributed by atoms with Crippen molar-refractivity contribution in [2.24, 2.45) is 0 Å². The van der Waals surface area contributed by atoms with Crippen LogP contribution in [0, 0.1) is 17.1 Å². The lowest BCUT2D eigenvalue weighted by Crippen LogP contribution is -1.94. The summed E-state index contributed by atoms with van der Waals surface area (Å²) in [6, 6.07) is 6.09. The maximum atomic E-state index is 13.0. The molecule has 0 spiro atoms. The van der Waals surface area contributed by atoms with Crippen molar-refractivity contribution in [3.8, 4) is 6.07 Å². The van der Waals surface area contributed by atoms with Crippen molar-refractivity contribution in [2.75, 3.05) is 5.32 Å². The molecule has 0 amide bonds. The lowest BCUT2D eigenvalue weighted by molar-refractivity contribution is 0.628. The topological polar surface area (TPSA) is 90.3 Å². The summed E-state index contributed by atoms with van der Waals surface area (Å²) in [6.45, 7) is 0. The fraction of sp³-hybridized carbons (Fsp3) is 0. The first-order valence-electron chi connectivity index (χ1n) is 4.76. The molecule has 2 N–H and O–H groups in total. The van der Waals surface area contributed by atoms with E-state index < -0.39 is 0 Å². The largest absolute Gasteiger partial charge is 0.359 e. The van der Waals surface area contributed by atoms with Crippen LogP contribution in [0.5, 0.6) is 0 Å². The van der Waals surface area contributed by atoms with Crippen LogP contribution in [0.4, 0.5) is 10.1 Å². The van der Waals surface area contributed by atoms with Gasteiger partial charge in [0.2, 0.25) is 5.82 Å². The fourth-order valence-electron chi connectivity index (χ4n) is 1.18. The summed E-state index contributed by atoms with van der Waals surface area (Å²) in [4.78, 5) is 0. The summed E-state index contributed by atoms with van der Waals surface area (Å²) in [5.74, 6) is -0.218. The molecule has 0 saturated heterocycles. The Labute approximate surface area is 110 Å². The number of hydrogen-bond donors (Lipinski definition) is 2. The summed E-state index contributed by atoms with van der Waals surface area (Å²) in [5, 5.41) is 24.7. The predicted octanol–water partition coefficient (Wildman–Crippen LogP) is 2.08. The zero-order valence-electron chi connectivity index (χ0n) is 8.85. The quantitative estimate of drug-likeness (QED) is 0.847. The number of aromatic nitrogens is 4. The van der Waals surface area contributed by atoms with Crippen molar-refractivity contribution in [1.29, 1.82) is 5.26 Å². The van der Waals surface area contributed by atoms with Gasteiger partial charge in [-0.3, -0.25) is 0 Å². The average molecular weight is 309 g/mol. The van der Waals surface area contributed by atoms with E-state index in [1.165, 1.54) is 18.3 Å². The highest BCUT2D eigenvalue weighted by atomic mass is 79.9. The third-order valence-electron chi connectivity index (χ3n) is 2.01. The number of allylic oxidation sites excluding steroid dienone is 1. The Kier molecular flexibility index (Phi) is 3.64. The van der Waals surface area contributed by atoms with Gasteiger partial charge >= 0.3 is 0 Å². The van der Waals surface area contributed by atoms with Gasteiger partial charge in [-0.1, -0.05) is 0 Å². The molecule has 8 heteroatoms. The van der Waals surface area contributed by atoms with Crippen LogP contribution in [0.1, 0.15) is 5.82 Å². The molecule has 2 aromatic rings. The Morgan fingerprint density at radius 2 is 2.39 bits per heavy atom. The normalized spacial score (nSPS) is 11.1. The monoisotopic (exact) mass is 308 g/mol. The van der Waals surface area contributed by atoms with E-state index in [-0.39, 0.29) is 17.2 Å². The van der Waals surface area contributed by atoms with Crippen molar-refractivity contribution in [3.05, 3.63) is 40.5 Å². The molecule has 1 heterocycles. The van der Waals surface area contributed by atoms with Crippen LogP contribution in [-0.4, -0.2) is 20.6 Å². The van der Waals surface area contributed by atoms with Crippen LogP contribution >= 0.6 is 15.9 Å². The molecule has 6 nitrogen and oxygen atoms in total. The Morgan fingerprint density at radius 1 is 1.56 bits per heavy atom. The van der Waals surface area contributed by atoms with Crippen LogP contribution in [0.2, 0.25) is 0 Å². The van der Waals surface area contributed by atoms with Crippen molar-refractivity contribution in [3.63, 3.8) is 0 Å². The number of benzene rings is 1. The number of rotatable bonds is 3. The number of H-pyrrole nitrogens is 1. The van der Waals surface area contributed by atoms with Gasteiger partial charge < -0.3 is 5.32 Å². The lowest BCUT2D eigenvalue weighted by atomic mass is 10.3. The third kappa shape index (κ3) is 2.70. The smallest absolute Gasteiger partial charge is 0.216 e. The van der Waals surface area contributed by atoms with Gasteiger partial charge in [0.05, 0.1) is 5.69 Å². The van der Waals surface area contributed by atoms with Gasteiger partial charge in [-0.05, 0) is 39.3 Å². The summed E-state index contributed by atoms with van der Waals surface area (Å²) >= 11 is 3.26. The molecule has 0 unspecified atom stereocenters. The SMILES string of the molecule is N#CC(=CNc1cc(F)ccc1Br)c1nn[nH]n1. The molecule has 2 rings (SSSR count). The van der Waals surface area contributed by atoms with E-state index in [1.54, 1.807) is 6.07 Å². The molecule has 1 aromatic heterocycles. The number of nitrogens with zero attached hydrogens (tertiary/aromatic N) is 4. The average Bonchev–Trinajstić information content (AvgIpc) is 2.88. The van der Waals surface area contributed by atoms with E-state index in [1.807, 2.05) is 6.07 Å². The van der Waals surface area contributed by atoms with E-state index >= 15 is 0 Å². The molecule has 0 aliphatic heterocycles. The molecule has 18 heavy (non-hydrogen) atoms. The highest BCUT2D eigenvalue weighted by Gasteiger charge is 2.06. The minimum Gasteiger partial charge on any atom is -0.359 e. The standard InChI is InChI=1S/C10H6BrFN6/c11-8-2-1-7(12)3-9(8)14-5-6(4-13)10-15-17-18-16-10/h1-3,5,14H,(H,15,16,17,18). The maximum Gasteiger partial charge on any atom is 0.216 e. The van der Waals surface area contributed by atoms with E-state index in [4.69, 9.17) is 5.26 Å². The third-order valence-corrected chi connectivity index (χ3v) is 2.70. The first-order chi connectivity index (χ1) is 8.70. The number of nitrogens with one attached hydrogen (secondary N) is 2. The summed E-state index contributed by atoms with van der Waals surface area (Å²) in [7, 11) is 0. The first-order valence-corrected chi connectivity index (χ1v) is 5.55. The molecule has 0 aliphatic rings. The van der Waals surface area contributed by atoms with E-state index in [2.05, 4.69) is 41.9 Å². The Morgan fingerprint density at radius 3 is 3.06 bits per heavy atom. The molecular weight excluding hydrogens is 303 g/mol. The van der Waals surface area contributed by atoms with E-state index in [0.717, 1.165) is 0 Å². The highest BCUT2D eigenvalue weighted by Crippen LogP contribution is 2.23. The second-order valence-electron chi connectivity index (χ2n) is 3.17. The molecule has 0 aliphatic carbocycles. The molecule has 0 fully saturated rings. The second kappa shape index (κ2) is 5.37. The van der Waals surface area contributed by atoms with Gasteiger partial charge in [0.25, 0.3) is 0 Å². The van der Waals surface area contributed by atoms with Crippen molar-refractivity contribution in [1.82, 2.24) is 20.6 Å². The zero-order valence-corrected chi connectivity index (χ0v) is 10.4. The molecule has 90 valence electrons. The van der Waals surface area contributed by atoms with Crippen LogP contribution in [0.15, 0.2) is 28.9 Å². The van der Waals surface area contributed by atoms with Crippen molar-refractivity contribution in [2.45, 2.75) is 0 Å². The molecule has 0 atom stereocenters. The Balaban J connectivity index is 2.24. The summed E-state index contributed by atoms with van der Waals surface area (Å²) in [5.41, 5.74) is 0.672. The summed E-state index contributed by atoms with van der Waals surface area (Å²) < 4.78 is 13.7. The van der Waals surface area contributed by atoms with Gasteiger partial charge in [-0.15, -0.1) is 10.2 Å². The van der Waals surface area contributed by atoms with Crippen molar-refractivity contribution < 1.29 is 4.39 Å². The van der Waals surface area contributed by atoms with E-state index in [9.17, 15) is 4.39 Å². The molecule has 0 radical (unpaired) electrons. The second-order valence-corrected chi connectivity index (χ2v) is 4.03. The minimum atomic E-state index is -0.382. The number of anilines is 1. The molecular formula is C10H6BrFN6. The molecule has 1 aromatic carbocycles. The Bertz CT molecular complexity index is 616. The van der Waals surface area contributed by atoms with Crippen LogP contribution in [0.3, 0.4) is 0 Å². The van der Waals surface area contributed by atoms with Gasteiger partial charge in [-0.25, -0.2) is 4.39 Å². The predicted molar refractivity (Wildman–Crippen MR) is 65.5 cm³/mol. The van der Waals surface area contributed by atoms with E-state index in [0.29, 0.717) is 10.2 Å². The number of aromatic amines is 1. The number of nitriles is 1. The lowest BCUT2D eigenvalue weighted by Gasteiger charge is -2.04. The maximum absolute atomic E-state index is 13.0. The van der Waals surface area contributed by atoms with Crippen LogP contribution in [0.25, 0.3) is 5.57 Å². The van der Waals surface area contributed by atoms with Crippen LogP contribution < -0.4 is 5.32 Å². The number of hydrogen-bond acceptors (Lipinski definition) is 5. The fourth-order valence-corrected chi connectivity index (χ4v) is 1.54. The number of halogens is 2. The van der Waals surface area contributed by atoms with Crippen molar-refractivity contribution >= 4 is 27.2 Å². The summed E-state index contributed by atoms with van der Waals surface area (Å²) in [6.07, 6.45) is 1.38. The van der Waals surface area contributed by atoms with Crippen LogP contribution in [-0.2, 0) is 0 Å².